The molecule has 2 aliphatic rings. The Kier molecular flexibility index (Phi) is 8.17. The van der Waals surface area contributed by atoms with E-state index in [-0.39, 0.29) is 30.0 Å². The zero-order chi connectivity index (χ0) is 23.3. The first-order chi connectivity index (χ1) is 15.2. The third-order valence-corrected chi connectivity index (χ3v) is 8.67. The lowest BCUT2D eigenvalue weighted by molar-refractivity contribution is -0.137. The molecule has 2 aliphatic heterocycles. The van der Waals surface area contributed by atoms with Crippen LogP contribution in [-0.4, -0.2) is 32.0 Å². The molecular formula is C25H32N2O3S2. The number of carboxylic acids is 1. The van der Waals surface area contributed by atoms with Gasteiger partial charge in [0.15, 0.2) is 0 Å². The van der Waals surface area contributed by atoms with Gasteiger partial charge in [-0.3, -0.25) is 9.59 Å². The zero-order valence-electron chi connectivity index (χ0n) is 18.9. The van der Waals surface area contributed by atoms with Crippen molar-refractivity contribution < 1.29 is 14.7 Å². The highest BCUT2D eigenvalue weighted by Crippen LogP contribution is 2.49. The van der Waals surface area contributed by atoms with E-state index in [2.05, 4.69) is 43.6 Å². The van der Waals surface area contributed by atoms with E-state index < -0.39 is 10.7 Å². The number of hydrogen-bond acceptors (Lipinski definition) is 5. The van der Waals surface area contributed by atoms with E-state index in [1.807, 2.05) is 12.3 Å². The number of fused-ring (bicyclic) bond motifs is 4. The first-order valence-electron chi connectivity index (χ1n) is 11.1. The molecule has 0 aliphatic carbocycles. The van der Waals surface area contributed by atoms with Gasteiger partial charge in [-0.25, -0.2) is 4.98 Å². The largest absolute Gasteiger partial charge is 0.481 e. The van der Waals surface area contributed by atoms with Crippen LogP contribution in [0.4, 0.5) is 0 Å². The molecule has 1 saturated heterocycles. The standard InChI is InChI=1S/C25H32N2O3S2/c1-5-6-19-8-7-16(2)11-21-17(3)9-10-25(32-21,14-23(29)30)13-22(28)26-18(4)24-27-20(12-19)15-31-24/h7-8,12,15,18,21H,2-3,5-6,9-11,13-14H2,1,4H3,(H,26,28)(H,29,30)/t18-,21-,25+/m1/s1. The summed E-state index contributed by atoms with van der Waals surface area (Å²) in [5.74, 6) is -1.01. The van der Waals surface area contributed by atoms with Crippen LogP contribution in [0.25, 0.3) is 6.08 Å². The Morgan fingerprint density at radius 1 is 1.38 bits per heavy atom. The van der Waals surface area contributed by atoms with Gasteiger partial charge in [0, 0.05) is 21.8 Å². The van der Waals surface area contributed by atoms with Crippen molar-refractivity contribution in [3.63, 3.8) is 0 Å². The Bertz CT molecular complexity index is 962. The number of rotatable bonds is 4. The third-order valence-electron chi connectivity index (χ3n) is 5.85. The summed E-state index contributed by atoms with van der Waals surface area (Å²) < 4.78 is -0.649. The monoisotopic (exact) mass is 472 g/mol. The lowest BCUT2D eigenvalue weighted by Gasteiger charge is -2.40. The molecule has 0 aromatic carbocycles. The van der Waals surface area contributed by atoms with Crippen molar-refractivity contribution in [3.8, 4) is 0 Å². The summed E-state index contributed by atoms with van der Waals surface area (Å²) in [6, 6.07) is -0.228. The number of aromatic nitrogens is 1. The Morgan fingerprint density at radius 2 is 2.16 bits per heavy atom. The van der Waals surface area contributed by atoms with Crippen LogP contribution in [-0.2, 0) is 9.59 Å². The molecule has 3 rings (SSSR count). The van der Waals surface area contributed by atoms with Gasteiger partial charge < -0.3 is 10.4 Å². The Labute approximate surface area is 198 Å². The molecule has 5 nitrogen and oxygen atoms in total. The lowest BCUT2D eigenvalue weighted by Crippen LogP contribution is -2.41. The van der Waals surface area contributed by atoms with Crippen LogP contribution in [0.1, 0.15) is 75.5 Å². The summed E-state index contributed by atoms with van der Waals surface area (Å²) in [6.07, 6.45) is 10.4. The van der Waals surface area contributed by atoms with E-state index in [1.165, 1.54) is 16.9 Å². The zero-order valence-corrected chi connectivity index (χ0v) is 20.5. The number of nitrogens with zero attached hydrogens (tertiary/aromatic N) is 1. The molecule has 0 radical (unpaired) electrons. The van der Waals surface area contributed by atoms with Crippen molar-refractivity contribution in [3.05, 3.63) is 58.1 Å². The second-order valence-corrected chi connectivity index (χ2v) is 11.3. The van der Waals surface area contributed by atoms with E-state index in [0.29, 0.717) is 12.8 Å². The Balaban J connectivity index is 1.97. The van der Waals surface area contributed by atoms with Crippen molar-refractivity contribution >= 4 is 41.1 Å². The van der Waals surface area contributed by atoms with E-state index >= 15 is 0 Å². The van der Waals surface area contributed by atoms with Crippen LogP contribution in [0.5, 0.6) is 0 Å². The summed E-state index contributed by atoms with van der Waals surface area (Å²) in [6.45, 7) is 12.6. The van der Waals surface area contributed by atoms with Gasteiger partial charge in [0.25, 0.3) is 0 Å². The van der Waals surface area contributed by atoms with Crippen LogP contribution in [0.3, 0.4) is 0 Å². The maximum Gasteiger partial charge on any atom is 0.304 e. The lowest BCUT2D eigenvalue weighted by atomic mass is 9.89. The number of hydrogen-bond donors (Lipinski definition) is 2. The Morgan fingerprint density at radius 3 is 2.88 bits per heavy atom. The molecule has 3 heterocycles. The fourth-order valence-corrected chi connectivity index (χ4v) is 6.81. The van der Waals surface area contributed by atoms with Gasteiger partial charge in [0.2, 0.25) is 5.91 Å². The number of amides is 1. The highest BCUT2D eigenvalue weighted by Gasteiger charge is 2.42. The van der Waals surface area contributed by atoms with Crippen molar-refractivity contribution in [1.29, 1.82) is 0 Å². The molecule has 0 spiro atoms. The van der Waals surface area contributed by atoms with Crippen LogP contribution in [0.15, 0.2) is 47.4 Å². The molecule has 0 saturated carbocycles. The number of thiazole rings is 1. The van der Waals surface area contributed by atoms with E-state index in [4.69, 9.17) is 4.98 Å². The van der Waals surface area contributed by atoms with Gasteiger partial charge in [-0.2, -0.15) is 0 Å². The highest BCUT2D eigenvalue weighted by atomic mass is 32.2. The second-order valence-electron chi connectivity index (χ2n) is 8.76. The molecule has 3 atom stereocenters. The minimum Gasteiger partial charge on any atom is -0.481 e. The van der Waals surface area contributed by atoms with Gasteiger partial charge in [-0.15, -0.1) is 23.1 Å². The smallest absolute Gasteiger partial charge is 0.304 e. The van der Waals surface area contributed by atoms with Crippen molar-refractivity contribution in [2.75, 3.05) is 0 Å². The topological polar surface area (TPSA) is 79.3 Å². The fraction of sp³-hybridized carbons (Fsp3) is 0.480. The van der Waals surface area contributed by atoms with E-state index in [9.17, 15) is 14.7 Å². The number of carboxylic acid groups (broad SMARTS) is 1. The molecule has 172 valence electrons. The Hall–Kier alpha value is -2.12. The van der Waals surface area contributed by atoms with E-state index in [0.717, 1.165) is 41.1 Å². The second kappa shape index (κ2) is 10.7. The first-order valence-corrected chi connectivity index (χ1v) is 12.8. The molecule has 0 unspecified atom stereocenters. The molecule has 7 heteroatoms. The molecule has 2 N–H and O–H groups in total. The number of thioether (sulfide) groups is 1. The predicted octanol–water partition coefficient (Wildman–Crippen LogP) is 6.08. The SMILES string of the molecule is C=C1C=CC(CCC)=Cc2csc(n2)[C@@H](C)NC(=O)C[C@]2(CC(=O)O)CCC(=C)[C@@H](C1)S2. The fourth-order valence-electron chi connectivity index (χ4n) is 4.20. The van der Waals surface area contributed by atoms with Crippen LogP contribution in [0, 0.1) is 0 Å². The number of carbonyl (C=O) groups is 2. The summed E-state index contributed by atoms with van der Waals surface area (Å²) in [5.41, 5.74) is 4.14. The van der Waals surface area contributed by atoms with Gasteiger partial charge >= 0.3 is 5.97 Å². The van der Waals surface area contributed by atoms with Crippen molar-refractivity contribution in [1.82, 2.24) is 10.3 Å². The maximum absolute atomic E-state index is 13.0. The molecule has 32 heavy (non-hydrogen) atoms. The third kappa shape index (κ3) is 6.45. The summed E-state index contributed by atoms with van der Waals surface area (Å²) >= 11 is 3.11. The minimum atomic E-state index is -0.878. The highest BCUT2D eigenvalue weighted by molar-refractivity contribution is 8.01. The molecule has 1 amide bonds. The summed E-state index contributed by atoms with van der Waals surface area (Å²) in [7, 11) is 0. The van der Waals surface area contributed by atoms with Crippen molar-refractivity contribution in [2.24, 2.45) is 0 Å². The van der Waals surface area contributed by atoms with Crippen LogP contribution < -0.4 is 5.32 Å². The first kappa shape index (κ1) is 24.5. The number of aliphatic carboxylic acids is 1. The number of allylic oxidation sites excluding steroid dienone is 4. The molecule has 1 fully saturated rings. The van der Waals surface area contributed by atoms with Crippen molar-refractivity contribution in [2.45, 2.75) is 74.8 Å². The number of nitrogens with one attached hydrogen (secondary N) is 1. The van der Waals surface area contributed by atoms with Crippen LogP contribution >= 0.6 is 23.1 Å². The minimum absolute atomic E-state index is 0.0453. The van der Waals surface area contributed by atoms with Gasteiger partial charge in [-0.05, 0) is 44.3 Å². The quantitative estimate of drug-likeness (QED) is 0.520. The summed E-state index contributed by atoms with van der Waals surface area (Å²) in [5, 5.41) is 15.5. The van der Waals surface area contributed by atoms with Gasteiger partial charge in [-0.1, -0.05) is 49.8 Å². The predicted molar refractivity (Wildman–Crippen MR) is 134 cm³/mol. The molecule has 4 bridgehead atoms. The molecular weight excluding hydrogens is 440 g/mol. The van der Waals surface area contributed by atoms with E-state index in [1.54, 1.807) is 11.8 Å². The molecule has 1 aromatic heterocycles. The van der Waals surface area contributed by atoms with Crippen LogP contribution in [0.2, 0.25) is 0 Å². The maximum atomic E-state index is 13.0. The average molecular weight is 473 g/mol. The van der Waals surface area contributed by atoms with Gasteiger partial charge in [0.05, 0.1) is 18.2 Å². The normalized spacial score (nSPS) is 27.1. The average Bonchev–Trinajstić information content (AvgIpc) is 3.16. The van der Waals surface area contributed by atoms with Gasteiger partial charge in [0.1, 0.15) is 5.01 Å². The number of carbonyl (C=O) groups excluding carboxylic acids is 1. The summed E-state index contributed by atoms with van der Waals surface area (Å²) in [4.78, 5) is 29.4. The molecule has 1 aromatic rings.